The predicted molar refractivity (Wildman–Crippen MR) is 208 cm³/mol. The molecule has 1 aliphatic heterocycles. The summed E-state index contributed by atoms with van der Waals surface area (Å²) in [6.07, 6.45) is 17.1. The molecule has 53 heavy (non-hydrogen) atoms. The third kappa shape index (κ3) is 5.27. The standard InChI is InChI=1S/C44H66N2O6S/c1-28(2)30-10-15-44(45-18-19-46-20-22-53(51,52)23-21-46)17-16-40(6)32(35(30)44)8-9-34-39(5)13-11-31(38(3,4)33(39)12-14-41(34,40)7)29-24-42(25-29)26-43(27-42,36(47)48)37(49)50/h11,13,30,32-35,45H,1,8-10,12,14-27H2,2-7H3,(H,47,48)(H,49,50)/t30-,32+,33-,34+,35+,39-,40+,41+,44-/m0/s1. The van der Waals surface area contributed by atoms with Gasteiger partial charge in [-0.3, -0.25) is 9.59 Å². The molecule has 8 aliphatic rings. The van der Waals surface area contributed by atoms with Gasteiger partial charge in [0.2, 0.25) is 0 Å². The maximum atomic E-state index is 12.0. The van der Waals surface area contributed by atoms with Crippen LogP contribution in [0.15, 0.2) is 35.5 Å². The molecule has 0 radical (unpaired) electrons. The molecule has 3 N–H and O–H groups in total. The van der Waals surface area contributed by atoms with E-state index in [9.17, 15) is 28.2 Å². The molecule has 294 valence electrons. The van der Waals surface area contributed by atoms with Crippen molar-refractivity contribution in [2.75, 3.05) is 37.7 Å². The highest BCUT2D eigenvalue weighted by molar-refractivity contribution is 7.91. The summed E-state index contributed by atoms with van der Waals surface area (Å²) in [7, 11) is -2.88. The zero-order valence-corrected chi connectivity index (χ0v) is 34.2. The van der Waals surface area contributed by atoms with E-state index in [4.69, 9.17) is 0 Å². The number of fused-ring (bicyclic) bond motifs is 7. The monoisotopic (exact) mass is 750 g/mol. The van der Waals surface area contributed by atoms with Crippen molar-refractivity contribution in [3.05, 3.63) is 35.5 Å². The zero-order chi connectivity index (χ0) is 38.2. The van der Waals surface area contributed by atoms with E-state index in [0.29, 0.717) is 42.7 Å². The van der Waals surface area contributed by atoms with Crippen molar-refractivity contribution in [3.63, 3.8) is 0 Å². The number of aliphatic carboxylic acids is 2. The van der Waals surface area contributed by atoms with Crippen LogP contribution in [0.3, 0.4) is 0 Å². The van der Waals surface area contributed by atoms with Crippen LogP contribution >= 0.6 is 0 Å². The summed E-state index contributed by atoms with van der Waals surface area (Å²) in [6.45, 7) is 22.9. The van der Waals surface area contributed by atoms with Crippen molar-refractivity contribution in [3.8, 4) is 0 Å². The van der Waals surface area contributed by atoms with Gasteiger partial charge in [0.25, 0.3) is 0 Å². The van der Waals surface area contributed by atoms with Crippen LogP contribution < -0.4 is 5.32 Å². The highest BCUT2D eigenvalue weighted by Crippen LogP contribution is 2.77. The van der Waals surface area contributed by atoms with E-state index in [1.165, 1.54) is 68.1 Å². The molecule has 0 aromatic rings. The molecule has 9 heteroatoms. The lowest BCUT2D eigenvalue weighted by Gasteiger charge is -2.72. The van der Waals surface area contributed by atoms with Crippen molar-refractivity contribution in [2.45, 2.75) is 124 Å². The van der Waals surface area contributed by atoms with E-state index in [1.807, 2.05) is 0 Å². The molecule has 7 aliphatic carbocycles. The summed E-state index contributed by atoms with van der Waals surface area (Å²) in [4.78, 5) is 26.1. The molecule has 8 nitrogen and oxygen atoms in total. The molecule has 7 fully saturated rings. The molecule has 9 atom stereocenters. The predicted octanol–water partition coefficient (Wildman–Crippen LogP) is 7.52. The Kier molecular flexibility index (Phi) is 8.60. The third-order valence-electron chi connectivity index (χ3n) is 18.5. The number of nitrogens with one attached hydrogen (secondary N) is 1. The maximum absolute atomic E-state index is 12.0. The van der Waals surface area contributed by atoms with Gasteiger partial charge in [-0.25, -0.2) is 8.42 Å². The topological polar surface area (TPSA) is 124 Å². The van der Waals surface area contributed by atoms with Crippen LogP contribution in [0.5, 0.6) is 0 Å². The fraction of sp³-hybridized carbons (Fsp3) is 0.818. The number of carbonyl (C=O) groups is 2. The number of rotatable bonds is 7. The SMILES string of the molecule is C=C(C)[C@@H]1CC[C@]2(NCCN3CCS(=O)(=O)CC3)CC[C@]3(C)[C@H](CC[C@@H]4[C@@]5(C)C=CC(=C6CC7(C6)CC(C(=O)O)(C(=O)O)C7)C(C)(C)[C@@H]5CC[C@]43C)[C@@H]12. The Bertz CT molecular complexity index is 1730. The normalized spacial score (nSPS) is 44.5. The first kappa shape index (κ1) is 37.9. The minimum atomic E-state index is -2.88. The first-order valence-corrected chi connectivity index (χ1v) is 22.7. The quantitative estimate of drug-likeness (QED) is 0.181. The molecule has 0 bridgehead atoms. The van der Waals surface area contributed by atoms with Crippen molar-refractivity contribution in [1.29, 1.82) is 0 Å². The number of carboxylic acid groups (broad SMARTS) is 2. The molecule has 0 amide bonds. The largest absolute Gasteiger partial charge is 0.480 e. The lowest BCUT2D eigenvalue weighted by molar-refractivity contribution is -0.210. The summed E-state index contributed by atoms with van der Waals surface area (Å²) in [5.74, 6) is 1.10. The Hall–Kier alpha value is -1.97. The number of carboxylic acids is 2. The van der Waals surface area contributed by atoms with Gasteiger partial charge in [0.15, 0.2) is 15.3 Å². The van der Waals surface area contributed by atoms with Crippen LogP contribution in [-0.2, 0) is 19.4 Å². The summed E-state index contributed by atoms with van der Waals surface area (Å²) in [5.41, 5.74) is 3.13. The molecule has 0 aromatic carbocycles. The highest BCUT2D eigenvalue weighted by Gasteiger charge is 2.71. The van der Waals surface area contributed by atoms with E-state index in [2.05, 4.69) is 70.5 Å². The van der Waals surface area contributed by atoms with Gasteiger partial charge in [0, 0.05) is 31.7 Å². The number of hydrogen-bond acceptors (Lipinski definition) is 6. The Morgan fingerprint density at radius 2 is 1.55 bits per heavy atom. The van der Waals surface area contributed by atoms with Gasteiger partial charge >= 0.3 is 11.9 Å². The Balaban J connectivity index is 1.03. The van der Waals surface area contributed by atoms with Gasteiger partial charge in [0.1, 0.15) is 0 Å². The van der Waals surface area contributed by atoms with Crippen LogP contribution in [0.2, 0.25) is 0 Å². The summed E-state index contributed by atoms with van der Waals surface area (Å²) in [5, 5.41) is 23.7. The van der Waals surface area contributed by atoms with E-state index in [1.54, 1.807) is 0 Å². The molecule has 8 rings (SSSR count). The second-order valence-corrected chi connectivity index (χ2v) is 23.4. The van der Waals surface area contributed by atoms with Gasteiger partial charge in [-0.05, 0) is 146 Å². The minimum absolute atomic E-state index is 0.000635. The van der Waals surface area contributed by atoms with Crippen molar-refractivity contribution in [2.24, 2.45) is 62.1 Å². The number of allylic oxidation sites excluding steroid dienone is 5. The van der Waals surface area contributed by atoms with Crippen LogP contribution in [0.25, 0.3) is 0 Å². The van der Waals surface area contributed by atoms with Crippen molar-refractivity contribution < 1.29 is 28.2 Å². The van der Waals surface area contributed by atoms with Crippen molar-refractivity contribution >= 4 is 21.8 Å². The van der Waals surface area contributed by atoms with E-state index in [-0.39, 0.29) is 57.0 Å². The van der Waals surface area contributed by atoms with Gasteiger partial charge in [0.05, 0.1) is 11.5 Å². The number of nitrogens with zero attached hydrogens (tertiary/aromatic N) is 1. The number of sulfone groups is 1. The number of hydrogen-bond donors (Lipinski definition) is 3. The summed E-state index contributed by atoms with van der Waals surface area (Å²) in [6, 6.07) is 0. The molecule has 6 saturated carbocycles. The van der Waals surface area contributed by atoms with Crippen LogP contribution in [0, 0.1) is 62.1 Å². The smallest absolute Gasteiger partial charge is 0.321 e. The van der Waals surface area contributed by atoms with E-state index in [0.717, 1.165) is 25.9 Å². The van der Waals surface area contributed by atoms with Crippen molar-refractivity contribution in [1.82, 2.24) is 10.2 Å². The van der Waals surface area contributed by atoms with Gasteiger partial charge in [-0.1, -0.05) is 64.5 Å². The molecule has 1 saturated heterocycles. The lowest BCUT2D eigenvalue weighted by Crippen LogP contribution is -2.68. The van der Waals surface area contributed by atoms with E-state index < -0.39 is 27.2 Å². The molecule has 0 aromatic heterocycles. The Morgan fingerprint density at radius 3 is 2.17 bits per heavy atom. The van der Waals surface area contributed by atoms with Gasteiger partial charge in [-0.15, -0.1) is 0 Å². The van der Waals surface area contributed by atoms with Gasteiger partial charge in [-0.2, -0.15) is 0 Å². The Labute approximate surface area is 318 Å². The van der Waals surface area contributed by atoms with E-state index >= 15 is 0 Å². The average Bonchev–Trinajstić information content (AvgIpc) is 3.41. The fourth-order valence-electron chi connectivity index (χ4n) is 15.7. The zero-order valence-electron chi connectivity index (χ0n) is 33.4. The summed E-state index contributed by atoms with van der Waals surface area (Å²) < 4.78 is 24.1. The molecule has 1 heterocycles. The second-order valence-electron chi connectivity index (χ2n) is 21.1. The summed E-state index contributed by atoms with van der Waals surface area (Å²) >= 11 is 0. The minimum Gasteiger partial charge on any atom is -0.480 e. The van der Waals surface area contributed by atoms with Crippen LogP contribution in [0.4, 0.5) is 0 Å². The molecule has 1 spiro atoms. The average molecular weight is 751 g/mol. The molecule has 0 unspecified atom stereocenters. The first-order chi connectivity index (χ1) is 24.7. The molecular weight excluding hydrogens is 685 g/mol. The van der Waals surface area contributed by atoms with Gasteiger partial charge < -0.3 is 20.4 Å². The maximum Gasteiger partial charge on any atom is 0.321 e. The first-order valence-electron chi connectivity index (χ1n) is 20.9. The lowest BCUT2D eigenvalue weighted by atomic mass is 9.33. The van der Waals surface area contributed by atoms with Crippen LogP contribution in [0.1, 0.15) is 119 Å². The Morgan fingerprint density at radius 1 is 0.887 bits per heavy atom. The third-order valence-corrected chi connectivity index (χ3v) is 20.1. The molecular formula is C44H66N2O6S. The fourth-order valence-corrected chi connectivity index (χ4v) is 17.0. The second kappa shape index (κ2) is 12.0. The van der Waals surface area contributed by atoms with Crippen LogP contribution in [-0.4, -0.2) is 78.7 Å². The highest BCUT2D eigenvalue weighted by atomic mass is 32.2.